The van der Waals surface area contributed by atoms with Gasteiger partial charge in [0.05, 0.1) is 5.41 Å². The summed E-state index contributed by atoms with van der Waals surface area (Å²) in [5.41, 5.74) is 10.9. The van der Waals surface area contributed by atoms with Gasteiger partial charge in [0.2, 0.25) is 5.91 Å². The van der Waals surface area contributed by atoms with Crippen LogP contribution in [0.25, 0.3) is 11.3 Å². The van der Waals surface area contributed by atoms with E-state index in [1.807, 2.05) is 30.3 Å². The number of pyridine rings is 1. The smallest absolute Gasteiger partial charge is 0.270 e. The Morgan fingerprint density at radius 3 is 2.76 bits per heavy atom. The van der Waals surface area contributed by atoms with Crippen LogP contribution >= 0.6 is 0 Å². The van der Waals surface area contributed by atoms with Gasteiger partial charge in [0.25, 0.3) is 5.91 Å². The van der Waals surface area contributed by atoms with Gasteiger partial charge in [-0.2, -0.15) is 0 Å². The molecule has 1 aromatic carbocycles. The van der Waals surface area contributed by atoms with E-state index in [1.54, 1.807) is 30.5 Å². The predicted molar refractivity (Wildman–Crippen MR) is 126 cm³/mol. The number of carbonyl (C=O) groups is 2. The van der Waals surface area contributed by atoms with Gasteiger partial charge < -0.3 is 20.9 Å². The van der Waals surface area contributed by atoms with Crippen molar-refractivity contribution < 1.29 is 14.1 Å². The molecule has 1 aliphatic heterocycles. The molecule has 34 heavy (non-hydrogen) atoms. The van der Waals surface area contributed by atoms with Crippen molar-refractivity contribution in [3.05, 3.63) is 107 Å². The normalized spacial score (nSPS) is 19.0. The maximum absolute atomic E-state index is 12.8. The van der Waals surface area contributed by atoms with Gasteiger partial charge in [0, 0.05) is 29.9 Å². The first kappa shape index (κ1) is 21.4. The van der Waals surface area contributed by atoms with E-state index in [9.17, 15) is 9.59 Å². The van der Waals surface area contributed by atoms with Crippen LogP contribution in [0, 0.1) is 5.41 Å². The topological polar surface area (TPSA) is 123 Å². The van der Waals surface area contributed by atoms with Crippen LogP contribution in [0.5, 0.6) is 0 Å². The van der Waals surface area contributed by atoms with Crippen LogP contribution in [0.3, 0.4) is 0 Å². The Labute approximate surface area is 196 Å². The number of hydrogen-bond donors (Lipinski definition) is 3. The van der Waals surface area contributed by atoms with Gasteiger partial charge in [-0.05, 0) is 35.6 Å². The number of allylic oxidation sites excluding steroid dienone is 3. The number of fused-ring (bicyclic) bond motifs is 1. The Kier molecular flexibility index (Phi) is 5.33. The molecule has 2 aromatic heterocycles. The summed E-state index contributed by atoms with van der Waals surface area (Å²) in [6.07, 6.45) is 9.38. The average Bonchev–Trinajstić information content (AvgIpc) is 3.55. The number of benzene rings is 1. The van der Waals surface area contributed by atoms with Crippen molar-refractivity contribution >= 4 is 11.8 Å². The fourth-order valence-corrected chi connectivity index (χ4v) is 4.57. The molecular formula is C26H23N5O3. The van der Waals surface area contributed by atoms with E-state index in [2.05, 4.69) is 27.4 Å². The van der Waals surface area contributed by atoms with E-state index < -0.39 is 5.41 Å². The van der Waals surface area contributed by atoms with Crippen molar-refractivity contribution in [3.63, 3.8) is 0 Å². The minimum atomic E-state index is -0.783. The monoisotopic (exact) mass is 453 g/mol. The fraction of sp³-hybridized carbons (Fsp3) is 0.154. The van der Waals surface area contributed by atoms with E-state index in [0.29, 0.717) is 30.9 Å². The molecule has 2 amide bonds. The Hall–Kier alpha value is -4.46. The molecule has 0 saturated carbocycles. The number of rotatable bonds is 6. The second-order valence-corrected chi connectivity index (χ2v) is 8.41. The minimum Gasteiger partial charge on any atom is -0.385 e. The Bertz CT molecular complexity index is 1340. The van der Waals surface area contributed by atoms with Crippen LogP contribution in [0.15, 0.2) is 89.6 Å². The molecule has 4 N–H and O–H groups in total. The summed E-state index contributed by atoms with van der Waals surface area (Å²) in [5.74, 6) is -0.0524. The molecule has 0 bridgehead atoms. The van der Waals surface area contributed by atoms with Crippen molar-refractivity contribution in [2.75, 3.05) is 0 Å². The lowest BCUT2D eigenvalue weighted by atomic mass is 9.78. The van der Waals surface area contributed by atoms with E-state index in [0.717, 1.165) is 33.5 Å². The third kappa shape index (κ3) is 3.69. The highest BCUT2D eigenvalue weighted by atomic mass is 16.5. The predicted octanol–water partition coefficient (Wildman–Crippen LogP) is 2.79. The minimum absolute atomic E-state index is 0.134. The summed E-state index contributed by atoms with van der Waals surface area (Å²) in [6, 6.07) is 11.3. The molecule has 0 saturated heterocycles. The van der Waals surface area contributed by atoms with Gasteiger partial charge in [-0.15, -0.1) is 0 Å². The van der Waals surface area contributed by atoms with Crippen molar-refractivity contribution in [2.45, 2.75) is 19.4 Å². The molecule has 170 valence electrons. The molecule has 0 radical (unpaired) electrons. The lowest BCUT2D eigenvalue weighted by Crippen LogP contribution is -2.35. The zero-order chi connectivity index (χ0) is 23.7. The van der Waals surface area contributed by atoms with Gasteiger partial charge in [0.15, 0.2) is 0 Å². The molecule has 3 heterocycles. The zero-order valence-electron chi connectivity index (χ0n) is 18.4. The average molecular weight is 454 g/mol. The third-order valence-electron chi connectivity index (χ3n) is 6.33. The zero-order valence-corrected chi connectivity index (χ0v) is 18.4. The number of nitrogens with zero attached hydrogens (tertiary/aromatic N) is 2. The maximum Gasteiger partial charge on any atom is 0.270 e. The number of hydrogen-bond acceptors (Lipinski definition) is 6. The van der Waals surface area contributed by atoms with Crippen LogP contribution in [0.4, 0.5) is 0 Å². The first-order chi connectivity index (χ1) is 16.5. The summed E-state index contributed by atoms with van der Waals surface area (Å²) >= 11 is 0. The molecule has 8 nitrogen and oxygen atoms in total. The maximum atomic E-state index is 12.8. The summed E-state index contributed by atoms with van der Waals surface area (Å²) in [7, 11) is 0. The number of aromatic nitrogens is 2. The van der Waals surface area contributed by atoms with Gasteiger partial charge in [-0.25, -0.2) is 0 Å². The SMILES string of the molecule is C=C/C=C\C1=C(N)NC(=O)C12Cc1cnc(C(=O)NCc3ccc(-c4ccon4)cc3)cc1C2. The number of amides is 2. The molecular weight excluding hydrogens is 430 g/mol. The summed E-state index contributed by atoms with van der Waals surface area (Å²) < 4.78 is 4.87. The van der Waals surface area contributed by atoms with E-state index in [1.165, 1.54) is 6.26 Å². The van der Waals surface area contributed by atoms with Crippen LogP contribution in [-0.4, -0.2) is 22.0 Å². The molecule has 1 unspecified atom stereocenters. The highest BCUT2D eigenvalue weighted by molar-refractivity contribution is 5.95. The number of carbonyl (C=O) groups excluding carboxylic acids is 2. The standard InChI is InChI=1S/C26H23N5O3/c1-2-3-4-20-23(27)30-25(33)26(20)12-18-11-22(28-15-19(18)13-26)24(32)29-14-16-5-7-17(8-6-16)21-9-10-34-31-21/h2-11,15H,1,12-14,27H2,(H,29,32)(H,30,33)/b4-3-. The van der Waals surface area contributed by atoms with Gasteiger partial charge >= 0.3 is 0 Å². The van der Waals surface area contributed by atoms with Gasteiger partial charge in [0.1, 0.15) is 23.5 Å². The van der Waals surface area contributed by atoms with Crippen molar-refractivity contribution in [1.29, 1.82) is 0 Å². The molecule has 3 aromatic rings. The first-order valence-corrected chi connectivity index (χ1v) is 10.9. The number of nitrogens with two attached hydrogens (primary N) is 1. The lowest BCUT2D eigenvalue weighted by molar-refractivity contribution is -0.126. The summed E-state index contributed by atoms with van der Waals surface area (Å²) in [4.78, 5) is 30.0. The summed E-state index contributed by atoms with van der Waals surface area (Å²) in [6.45, 7) is 4.05. The highest BCUT2D eigenvalue weighted by Crippen LogP contribution is 2.46. The second-order valence-electron chi connectivity index (χ2n) is 8.41. The Balaban J connectivity index is 1.29. The molecule has 8 heteroatoms. The largest absolute Gasteiger partial charge is 0.385 e. The molecule has 1 spiro atoms. The van der Waals surface area contributed by atoms with Crippen molar-refractivity contribution in [1.82, 2.24) is 20.8 Å². The Morgan fingerprint density at radius 1 is 1.24 bits per heavy atom. The molecule has 2 aliphatic rings. The van der Waals surface area contributed by atoms with Crippen LogP contribution in [-0.2, 0) is 24.2 Å². The quantitative estimate of drug-likeness (QED) is 0.493. The van der Waals surface area contributed by atoms with Crippen LogP contribution in [0.2, 0.25) is 0 Å². The van der Waals surface area contributed by atoms with E-state index in [-0.39, 0.29) is 11.8 Å². The van der Waals surface area contributed by atoms with Crippen LogP contribution < -0.4 is 16.4 Å². The highest BCUT2D eigenvalue weighted by Gasteiger charge is 2.51. The van der Waals surface area contributed by atoms with Crippen LogP contribution in [0.1, 0.15) is 27.2 Å². The number of nitrogens with one attached hydrogen (secondary N) is 2. The molecule has 5 rings (SSSR count). The molecule has 1 atom stereocenters. The van der Waals surface area contributed by atoms with Crippen molar-refractivity contribution in [2.24, 2.45) is 11.1 Å². The summed E-state index contributed by atoms with van der Waals surface area (Å²) in [5, 5.41) is 9.58. The first-order valence-electron chi connectivity index (χ1n) is 10.9. The Morgan fingerprint density at radius 2 is 2.03 bits per heavy atom. The van der Waals surface area contributed by atoms with Gasteiger partial charge in [-0.1, -0.05) is 54.2 Å². The van der Waals surface area contributed by atoms with Gasteiger partial charge in [-0.3, -0.25) is 14.6 Å². The van der Waals surface area contributed by atoms with E-state index >= 15 is 0 Å². The van der Waals surface area contributed by atoms with Crippen molar-refractivity contribution in [3.8, 4) is 11.3 Å². The molecule has 1 aliphatic carbocycles. The third-order valence-corrected chi connectivity index (χ3v) is 6.33. The molecule has 0 fully saturated rings. The lowest BCUT2D eigenvalue weighted by Gasteiger charge is -2.21. The van der Waals surface area contributed by atoms with E-state index in [4.69, 9.17) is 10.3 Å². The fourth-order valence-electron chi connectivity index (χ4n) is 4.57. The second kappa shape index (κ2) is 8.47.